The average Bonchev–Trinajstić information content (AvgIpc) is 2.30. The van der Waals surface area contributed by atoms with Crippen molar-refractivity contribution in [3.8, 4) is 0 Å². The van der Waals surface area contributed by atoms with Crippen molar-refractivity contribution in [2.45, 2.75) is 33.4 Å². The van der Waals surface area contributed by atoms with Crippen molar-refractivity contribution in [3.63, 3.8) is 0 Å². The third-order valence-corrected chi connectivity index (χ3v) is 3.70. The molecule has 96 valence electrons. The van der Waals surface area contributed by atoms with Crippen molar-refractivity contribution in [2.75, 3.05) is 13.2 Å². The molecule has 0 aliphatic rings. The molecule has 0 saturated carbocycles. The smallest absolute Gasteiger partial charge is 0.0728 e. The van der Waals surface area contributed by atoms with Gasteiger partial charge in [0.1, 0.15) is 0 Å². The van der Waals surface area contributed by atoms with Crippen molar-refractivity contribution < 1.29 is 4.74 Å². The van der Waals surface area contributed by atoms with Gasteiger partial charge >= 0.3 is 0 Å². The van der Waals surface area contributed by atoms with Crippen molar-refractivity contribution in [1.82, 2.24) is 5.32 Å². The molecule has 17 heavy (non-hydrogen) atoms. The lowest BCUT2D eigenvalue weighted by Crippen LogP contribution is -2.33. The van der Waals surface area contributed by atoms with Gasteiger partial charge in [-0.05, 0) is 24.5 Å². The molecule has 0 saturated heterocycles. The van der Waals surface area contributed by atoms with Gasteiger partial charge in [0.05, 0.1) is 13.2 Å². The van der Waals surface area contributed by atoms with Crippen molar-refractivity contribution >= 4 is 15.9 Å². The van der Waals surface area contributed by atoms with Gasteiger partial charge in [-0.25, -0.2) is 0 Å². The van der Waals surface area contributed by atoms with Crippen molar-refractivity contribution in [1.29, 1.82) is 0 Å². The molecule has 0 spiro atoms. The molecule has 1 aromatic carbocycles. The standard InChI is InChI=1S/C14H22BrNO/c1-11(2)12(3)16-8-9-17-10-13-6-4-5-7-14(13)15/h4-7,11-12,16H,8-10H2,1-3H3. The SMILES string of the molecule is CC(C)C(C)NCCOCc1ccccc1Br. The third kappa shape index (κ3) is 5.66. The Morgan fingerprint density at radius 3 is 2.59 bits per heavy atom. The van der Waals surface area contributed by atoms with E-state index in [-0.39, 0.29) is 0 Å². The summed E-state index contributed by atoms with van der Waals surface area (Å²) in [7, 11) is 0. The predicted molar refractivity (Wildman–Crippen MR) is 76.1 cm³/mol. The lowest BCUT2D eigenvalue weighted by molar-refractivity contribution is 0.119. The Hall–Kier alpha value is -0.380. The quantitative estimate of drug-likeness (QED) is 0.777. The van der Waals surface area contributed by atoms with E-state index >= 15 is 0 Å². The lowest BCUT2D eigenvalue weighted by atomic mass is 10.1. The molecule has 0 bridgehead atoms. The first-order valence-corrected chi connectivity index (χ1v) is 6.95. The predicted octanol–water partition coefficient (Wildman–Crippen LogP) is 3.60. The number of benzene rings is 1. The van der Waals surface area contributed by atoms with Crippen LogP contribution in [0.4, 0.5) is 0 Å². The first-order chi connectivity index (χ1) is 8.11. The second kappa shape index (κ2) is 7.85. The highest BCUT2D eigenvalue weighted by atomic mass is 79.9. The van der Waals surface area contributed by atoms with Gasteiger partial charge in [-0.3, -0.25) is 0 Å². The van der Waals surface area contributed by atoms with Crippen LogP contribution in [0.25, 0.3) is 0 Å². The summed E-state index contributed by atoms with van der Waals surface area (Å²) in [6.45, 7) is 8.97. The fourth-order valence-corrected chi connectivity index (χ4v) is 1.79. The Kier molecular flexibility index (Phi) is 6.78. The molecule has 2 nitrogen and oxygen atoms in total. The van der Waals surface area contributed by atoms with Gasteiger partial charge in [-0.15, -0.1) is 0 Å². The molecule has 0 fully saturated rings. The van der Waals surface area contributed by atoms with Crippen LogP contribution in [0.1, 0.15) is 26.3 Å². The number of hydrogen-bond acceptors (Lipinski definition) is 2. The largest absolute Gasteiger partial charge is 0.375 e. The third-order valence-electron chi connectivity index (χ3n) is 2.93. The van der Waals surface area contributed by atoms with Crippen LogP contribution in [-0.2, 0) is 11.3 Å². The lowest BCUT2D eigenvalue weighted by Gasteiger charge is -2.17. The van der Waals surface area contributed by atoms with Gasteiger partial charge in [-0.1, -0.05) is 48.0 Å². The number of hydrogen-bond donors (Lipinski definition) is 1. The Morgan fingerprint density at radius 2 is 1.94 bits per heavy atom. The van der Waals surface area contributed by atoms with E-state index in [2.05, 4.69) is 48.1 Å². The molecule has 0 aliphatic carbocycles. The molecule has 0 amide bonds. The van der Waals surface area contributed by atoms with Crippen molar-refractivity contribution in [2.24, 2.45) is 5.92 Å². The maximum atomic E-state index is 5.64. The highest BCUT2D eigenvalue weighted by Crippen LogP contribution is 2.16. The molecule has 0 aromatic heterocycles. The summed E-state index contributed by atoms with van der Waals surface area (Å²) in [5.41, 5.74) is 1.20. The molecule has 1 atom stereocenters. The number of nitrogens with one attached hydrogen (secondary N) is 1. The monoisotopic (exact) mass is 299 g/mol. The second-order valence-electron chi connectivity index (χ2n) is 4.63. The minimum Gasteiger partial charge on any atom is -0.375 e. The van der Waals surface area contributed by atoms with Crippen LogP contribution in [-0.4, -0.2) is 19.2 Å². The zero-order chi connectivity index (χ0) is 12.7. The van der Waals surface area contributed by atoms with E-state index in [0.717, 1.165) is 17.6 Å². The summed E-state index contributed by atoms with van der Waals surface area (Å²) in [5, 5.41) is 3.45. The van der Waals surface area contributed by atoms with Crippen LogP contribution in [0.15, 0.2) is 28.7 Å². The molecule has 0 radical (unpaired) electrons. The summed E-state index contributed by atoms with van der Waals surface area (Å²) in [6, 6.07) is 8.70. The minimum atomic E-state index is 0.544. The highest BCUT2D eigenvalue weighted by molar-refractivity contribution is 9.10. The fourth-order valence-electron chi connectivity index (χ4n) is 1.39. The normalized spacial score (nSPS) is 13.0. The molecule has 0 aliphatic heterocycles. The summed E-state index contributed by atoms with van der Waals surface area (Å²) in [5.74, 6) is 0.665. The molecule has 1 N–H and O–H groups in total. The van der Waals surface area contributed by atoms with E-state index in [9.17, 15) is 0 Å². The van der Waals surface area contributed by atoms with E-state index in [1.807, 2.05) is 18.2 Å². The molecule has 1 unspecified atom stereocenters. The summed E-state index contributed by atoms with van der Waals surface area (Å²) < 4.78 is 6.75. The average molecular weight is 300 g/mol. The molecule has 1 rings (SSSR count). The van der Waals surface area contributed by atoms with Crippen LogP contribution in [0.3, 0.4) is 0 Å². The van der Waals surface area contributed by atoms with Crippen LogP contribution in [0.2, 0.25) is 0 Å². The Morgan fingerprint density at radius 1 is 1.24 bits per heavy atom. The topological polar surface area (TPSA) is 21.3 Å². The van der Waals surface area contributed by atoms with Gasteiger partial charge < -0.3 is 10.1 Å². The second-order valence-corrected chi connectivity index (χ2v) is 5.49. The van der Waals surface area contributed by atoms with E-state index < -0.39 is 0 Å². The molecular weight excluding hydrogens is 278 g/mol. The van der Waals surface area contributed by atoms with Crippen molar-refractivity contribution in [3.05, 3.63) is 34.3 Å². The van der Waals surface area contributed by atoms with Gasteiger partial charge in [0.15, 0.2) is 0 Å². The first-order valence-electron chi connectivity index (χ1n) is 6.15. The summed E-state index contributed by atoms with van der Waals surface area (Å²) in [4.78, 5) is 0. The van der Waals surface area contributed by atoms with Gasteiger partial charge in [0, 0.05) is 17.1 Å². The zero-order valence-corrected chi connectivity index (χ0v) is 12.5. The number of rotatable bonds is 7. The molecule has 3 heteroatoms. The van der Waals surface area contributed by atoms with E-state index in [1.165, 1.54) is 5.56 Å². The summed E-state index contributed by atoms with van der Waals surface area (Å²) >= 11 is 3.51. The summed E-state index contributed by atoms with van der Waals surface area (Å²) in [6.07, 6.45) is 0. The van der Waals surface area contributed by atoms with Crippen LogP contribution in [0, 0.1) is 5.92 Å². The van der Waals surface area contributed by atoms with Gasteiger partial charge in [-0.2, -0.15) is 0 Å². The first kappa shape index (κ1) is 14.7. The van der Waals surface area contributed by atoms with Gasteiger partial charge in [0.25, 0.3) is 0 Å². The Balaban J connectivity index is 2.15. The Labute approximate surface area is 113 Å². The van der Waals surface area contributed by atoms with E-state index in [1.54, 1.807) is 0 Å². The minimum absolute atomic E-state index is 0.544. The molecule has 0 heterocycles. The maximum absolute atomic E-state index is 5.64. The number of ether oxygens (including phenoxy) is 1. The van der Waals surface area contributed by atoms with Gasteiger partial charge in [0.2, 0.25) is 0 Å². The van der Waals surface area contributed by atoms with E-state index in [4.69, 9.17) is 4.74 Å². The van der Waals surface area contributed by atoms with Crippen LogP contribution >= 0.6 is 15.9 Å². The zero-order valence-electron chi connectivity index (χ0n) is 10.9. The highest BCUT2D eigenvalue weighted by Gasteiger charge is 2.05. The number of halogens is 1. The fraction of sp³-hybridized carbons (Fsp3) is 0.571. The van der Waals surface area contributed by atoms with Crippen LogP contribution in [0.5, 0.6) is 0 Å². The van der Waals surface area contributed by atoms with E-state index in [0.29, 0.717) is 18.6 Å². The molecular formula is C14H22BrNO. The molecule has 1 aromatic rings. The Bertz CT molecular complexity index is 328. The van der Waals surface area contributed by atoms with Crippen LogP contribution < -0.4 is 5.32 Å². The maximum Gasteiger partial charge on any atom is 0.0728 e.